The summed E-state index contributed by atoms with van der Waals surface area (Å²) in [6.45, 7) is 2.30. The van der Waals surface area contributed by atoms with Crippen LogP contribution in [0, 0.1) is 0 Å². The van der Waals surface area contributed by atoms with Crippen molar-refractivity contribution in [2.24, 2.45) is 0 Å². The molecule has 26 heavy (non-hydrogen) atoms. The number of thiophene rings is 1. The number of nitrogens with zero attached hydrogens (tertiary/aromatic N) is 1. The fourth-order valence-corrected chi connectivity index (χ4v) is 4.28. The molecule has 0 radical (unpaired) electrons. The maximum Gasteiger partial charge on any atom is 0.290 e. The van der Waals surface area contributed by atoms with Gasteiger partial charge in [-0.2, -0.15) is 0 Å². The van der Waals surface area contributed by atoms with Crippen LogP contribution < -0.4 is 0 Å². The van der Waals surface area contributed by atoms with Crippen LogP contribution in [0.1, 0.15) is 51.6 Å². The van der Waals surface area contributed by atoms with Crippen LogP contribution >= 0.6 is 11.3 Å². The standard InChI is InChI=1S/C21H19NO3S/c1-14(23)15-6-8-16(9-7-15)18-10-11-19(25-18)21(24)22-12-2-4-17(22)20-5-3-13-26-20/h3,5-11,13,17H,2,4,12H2,1H3/t17-/m0/s1. The highest BCUT2D eigenvalue weighted by Gasteiger charge is 2.32. The van der Waals surface area contributed by atoms with Crippen molar-refractivity contribution in [2.45, 2.75) is 25.8 Å². The lowest BCUT2D eigenvalue weighted by Crippen LogP contribution is -2.29. The summed E-state index contributed by atoms with van der Waals surface area (Å²) in [7, 11) is 0. The molecule has 3 aromatic rings. The van der Waals surface area contributed by atoms with Crippen molar-refractivity contribution in [1.82, 2.24) is 4.90 Å². The van der Waals surface area contributed by atoms with E-state index in [1.807, 2.05) is 34.5 Å². The van der Waals surface area contributed by atoms with Gasteiger partial charge in [-0.3, -0.25) is 9.59 Å². The second-order valence-electron chi connectivity index (χ2n) is 6.47. The third kappa shape index (κ3) is 3.10. The van der Waals surface area contributed by atoms with Crippen LogP contribution in [0.5, 0.6) is 0 Å². The monoisotopic (exact) mass is 365 g/mol. The molecule has 0 bridgehead atoms. The van der Waals surface area contributed by atoms with Crippen molar-refractivity contribution < 1.29 is 14.0 Å². The molecule has 4 rings (SSSR count). The number of amides is 1. The third-order valence-electron chi connectivity index (χ3n) is 4.78. The maximum atomic E-state index is 12.9. The van der Waals surface area contributed by atoms with E-state index in [0.29, 0.717) is 17.1 Å². The Bertz CT molecular complexity index is 925. The molecule has 0 saturated carbocycles. The largest absolute Gasteiger partial charge is 0.451 e. The molecule has 1 aliphatic heterocycles. The van der Waals surface area contributed by atoms with Gasteiger partial charge in [0.2, 0.25) is 0 Å². The minimum Gasteiger partial charge on any atom is -0.451 e. The average molecular weight is 365 g/mol. The van der Waals surface area contributed by atoms with Gasteiger partial charge in [0.25, 0.3) is 5.91 Å². The Kier molecular flexibility index (Phi) is 4.47. The quantitative estimate of drug-likeness (QED) is 0.598. The van der Waals surface area contributed by atoms with Gasteiger partial charge in [-0.25, -0.2) is 0 Å². The normalized spacial score (nSPS) is 16.8. The van der Waals surface area contributed by atoms with E-state index in [1.165, 1.54) is 4.88 Å². The molecule has 2 aromatic heterocycles. The molecule has 1 fully saturated rings. The summed E-state index contributed by atoms with van der Waals surface area (Å²) in [5, 5.41) is 2.05. The van der Waals surface area contributed by atoms with Crippen LogP contribution in [-0.4, -0.2) is 23.1 Å². The van der Waals surface area contributed by atoms with E-state index < -0.39 is 0 Å². The SMILES string of the molecule is CC(=O)c1ccc(-c2ccc(C(=O)N3CCC[C@H]3c3cccs3)o2)cc1. The van der Waals surface area contributed by atoms with Gasteiger partial charge in [-0.1, -0.05) is 30.3 Å². The van der Waals surface area contributed by atoms with E-state index in [4.69, 9.17) is 4.42 Å². The van der Waals surface area contributed by atoms with Gasteiger partial charge in [0, 0.05) is 22.5 Å². The zero-order chi connectivity index (χ0) is 18.1. The summed E-state index contributed by atoms with van der Waals surface area (Å²) in [5.41, 5.74) is 1.51. The third-order valence-corrected chi connectivity index (χ3v) is 5.75. The molecular weight excluding hydrogens is 346 g/mol. The highest BCUT2D eigenvalue weighted by molar-refractivity contribution is 7.10. The Morgan fingerprint density at radius 2 is 1.92 bits per heavy atom. The van der Waals surface area contributed by atoms with Crippen LogP contribution in [0.15, 0.2) is 58.3 Å². The summed E-state index contributed by atoms with van der Waals surface area (Å²) in [5.74, 6) is 0.961. The van der Waals surface area contributed by atoms with Crippen LogP contribution in [-0.2, 0) is 0 Å². The fraction of sp³-hybridized carbons (Fsp3) is 0.238. The second kappa shape index (κ2) is 6.92. The molecule has 0 spiro atoms. The Labute approximate surface area is 156 Å². The van der Waals surface area contributed by atoms with E-state index in [9.17, 15) is 9.59 Å². The predicted octanol–water partition coefficient (Wildman–Crippen LogP) is 5.19. The van der Waals surface area contributed by atoms with E-state index in [2.05, 4.69) is 6.07 Å². The minimum atomic E-state index is -0.0625. The molecule has 0 aliphatic carbocycles. The first kappa shape index (κ1) is 16.8. The number of carbonyl (C=O) groups excluding carboxylic acids is 2. The predicted molar refractivity (Wildman–Crippen MR) is 101 cm³/mol. The number of hydrogen-bond acceptors (Lipinski definition) is 4. The molecule has 3 heterocycles. The number of carbonyl (C=O) groups is 2. The van der Waals surface area contributed by atoms with Gasteiger partial charge in [0.15, 0.2) is 11.5 Å². The first-order chi connectivity index (χ1) is 12.6. The molecule has 4 nitrogen and oxygen atoms in total. The van der Waals surface area contributed by atoms with Crippen LogP contribution in [0.4, 0.5) is 0 Å². The molecular formula is C21H19NO3S. The van der Waals surface area contributed by atoms with Crippen LogP contribution in [0.25, 0.3) is 11.3 Å². The molecule has 5 heteroatoms. The second-order valence-corrected chi connectivity index (χ2v) is 7.45. The number of ketones is 1. The van der Waals surface area contributed by atoms with Crippen molar-refractivity contribution in [3.63, 3.8) is 0 Å². The molecule has 1 atom stereocenters. The molecule has 1 saturated heterocycles. The van der Waals surface area contributed by atoms with Crippen LogP contribution in [0.2, 0.25) is 0 Å². The van der Waals surface area contributed by atoms with Gasteiger partial charge >= 0.3 is 0 Å². The Balaban J connectivity index is 1.55. The summed E-state index contributed by atoms with van der Waals surface area (Å²) < 4.78 is 5.84. The van der Waals surface area contributed by atoms with E-state index in [0.717, 1.165) is 24.9 Å². The molecule has 1 aromatic carbocycles. The number of likely N-dealkylation sites (tertiary alicyclic amines) is 1. The van der Waals surface area contributed by atoms with Gasteiger partial charge in [-0.05, 0) is 43.3 Å². The number of Topliss-reactive ketones (excluding diaryl/α,β-unsaturated/α-hetero) is 1. The topological polar surface area (TPSA) is 50.5 Å². The van der Waals surface area contributed by atoms with Crippen molar-refractivity contribution >= 4 is 23.0 Å². The van der Waals surface area contributed by atoms with Gasteiger partial charge in [0.05, 0.1) is 6.04 Å². The van der Waals surface area contributed by atoms with E-state index in [-0.39, 0.29) is 17.7 Å². The molecule has 0 unspecified atom stereocenters. The average Bonchev–Trinajstić information content (AvgIpc) is 3.41. The minimum absolute atomic E-state index is 0.0283. The van der Waals surface area contributed by atoms with Crippen molar-refractivity contribution in [3.8, 4) is 11.3 Å². The highest BCUT2D eigenvalue weighted by atomic mass is 32.1. The number of rotatable bonds is 4. The van der Waals surface area contributed by atoms with Gasteiger partial charge < -0.3 is 9.32 Å². The molecule has 0 N–H and O–H groups in total. The highest BCUT2D eigenvalue weighted by Crippen LogP contribution is 2.36. The Morgan fingerprint density at radius 3 is 2.62 bits per heavy atom. The zero-order valence-electron chi connectivity index (χ0n) is 14.5. The Morgan fingerprint density at radius 1 is 1.12 bits per heavy atom. The smallest absolute Gasteiger partial charge is 0.290 e. The number of hydrogen-bond donors (Lipinski definition) is 0. The Hall–Kier alpha value is -2.66. The van der Waals surface area contributed by atoms with Crippen LogP contribution in [0.3, 0.4) is 0 Å². The van der Waals surface area contributed by atoms with Crippen molar-refractivity contribution in [1.29, 1.82) is 0 Å². The summed E-state index contributed by atoms with van der Waals surface area (Å²) in [6.07, 6.45) is 2.00. The summed E-state index contributed by atoms with van der Waals surface area (Å²) >= 11 is 1.69. The molecule has 132 valence electrons. The first-order valence-electron chi connectivity index (χ1n) is 8.69. The van der Waals surface area contributed by atoms with Gasteiger partial charge in [0.1, 0.15) is 5.76 Å². The van der Waals surface area contributed by atoms with Gasteiger partial charge in [-0.15, -0.1) is 11.3 Å². The zero-order valence-corrected chi connectivity index (χ0v) is 15.3. The fourth-order valence-electron chi connectivity index (χ4n) is 3.41. The lowest BCUT2D eigenvalue weighted by atomic mass is 10.1. The maximum absolute atomic E-state index is 12.9. The first-order valence-corrected chi connectivity index (χ1v) is 9.57. The number of benzene rings is 1. The summed E-state index contributed by atoms with van der Waals surface area (Å²) in [6, 6.07) is 15.0. The number of furan rings is 1. The molecule has 1 amide bonds. The van der Waals surface area contributed by atoms with E-state index in [1.54, 1.807) is 36.5 Å². The lowest BCUT2D eigenvalue weighted by molar-refractivity contribution is 0.0706. The lowest BCUT2D eigenvalue weighted by Gasteiger charge is -2.22. The summed E-state index contributed by atoms with van der Waals surface area (Å²) in [4.78, 5) is 27.5. The molecule has 1 aliphatic rings. The van der Waals surface area contributed by atoms with Crippen molar-refractivity contribution in [3.05, 3.63) is 70.1 Å². The van der Waals surface area contributed by atoms with Crippen molar-refractivity contribution in [2.75, 3.05) is 6.54 Å². The van der Waals surface area contributed by atoms with E-state index >= 15 is 0 Å².